The van der Waals surface area contributed by atoms with E-state index in [9.17, 15) is 19.2 Å². The molecule has 2 N–H and O–H groups in total. The number of nitrogens with zero attached hydrogens (tertiary/aromatic N) is 1. The second-order valence-corrected chi connectivity index (χ2v) is 7.36. The smallest absolute Gasteiger partial charge is 0.326 e. The number of imide groups is 1. The summed E-state index contributed by atoms with van der Waals surface area (Å²) in [5.74, 6) is -1.61. The number of ether oxygens (including phenoxy) is 1. The topological polar surface area (TPSA) is 105 Å². The zero-order chi connectivity index (χ0) is 20.1. The molecule has 150 valence electrons. The van der Waals surface area contributed by atoms with Gasteiger partial charge in [-0.2, -0.15) is 0 Å². The maximum atomic E-state index is 12.8. The van der Waals surface area contributed by atoms with Crippen LogP contribution >= 0.6 is 0 Å². The van der Waals surface area contributed by atoms with E-state index in [1.54, 1.807) is 0 Å². The van der Waals surface area contributed by atoms with E-state index in [2.05, 4.69) is 10.6 Å². The first kappa shape index (κ1) is 19.9. The maximum absolute atomic E-state index is 12.8. The Labute approximate surface area is 163 Å². The number of urea groups is 1. The molecule has 1 aromatic rings. The van der Waals surface area contributed by atoms with Gasteiger partial charge >= 0.3 is 12.0 Å². The Kier molecular flexibility index (Phi) is 5.96. The van der Waals surface area contributed by atoms with Crippen LogP contribution < -0.4 is 10.6 Å². The van der Waals surface area contributed by atoms with Crippen LogP contribution in [0.25, 0.3) is 0 Å². The van der Waals surface area contributed by atoms with Crippen LogP contribution in [-0.2, 0) is 25.7 Å². The highest BCUT2D eigenvalue weighted by Crippen LogP contribution is 2.38. The summed E-state index contributed by atoms with van der Waals surface area (Å²) >= 11 is 0. The fraction of sp³-hybridized carbons (Fsp3) is 0.500. The van der Waals surface area contributed by atoms with Gasteiger partial charge in [0.1, 0.15) is 12.1 Å². The normalized spacial score (nSPS) is 24.2. The third-order valence-electron chi connectivity index (χ3n) is 5.49. The van der Waals surface area contributed by atoms with E-state index in [-0.39, 0.29) is 11.8 Å². The largest absolute Gasteiger partial charge is 0.454 e. The summed E-state index contributed by atoms with van der Waals surface area (Å²) in [7, 11) is 0. The zero-order valence-corrected chi connectivity index (χ0v) is 15.9. The van der Waals surface area contributed by atoms with Crippen molar-refractivity contribution in [2.75, 3.05) is 13.2 Å². The van der Waals surface area contributed by atoms with Gasteiger partial charge in [0.15, 0.2) is 6.61 Å². The number of nitrogens with one attached hydrogen (secondary N) is 2. The van der Waals surface area contributed by atoms with Crippen molar-refractivity contribution in [3.8, 4) is 0 Å². The van der Waals surface area contributed by atoms with Gasteiger partial charge in [-0.05, 0) is 24.3 Å². The minimum absolute atomic E-state index is 0.0162. The van der Waals surface area contributed by atoms with Crippen molar-refractivity contribution < 1.29 is 23.9 Å². The molecule has 2 fully saturated rings. The molecule has 1 heterocycles. The molecule has 1 spiro atoms. The predicted octanol–water partition coefficient (Wildman–Crippen LogP) is 1.35. The Morgan fingerprint density at radius 3 is 2.71 bits per heavy atom. The van der Waals surface area contributed by atoms with Crippen LogP contribution in [0, 0.1) is 5.92 Å². The van der Waals surface area contributed by atoms with E-state index >= 15 is 0 Å². The third kappa shape index (κ3) is 4.16. The molecular weight excluding hydrogens is 362 g/mol. The summed E-state index contributed by atoms with van der Waals surface area (Å²) in [4.78, 5) is 49.8. The standard InChI is InChI=1S/C20H25N3O5/c1-14-7-5-6-10-20(14)18(26)23(19(27)22-20)12-17(25)28-13-16(24)21-11-15-8-3-2-4-9-15/h2-4,8-9,14H,5-7,10-13H2,1H3,(H,21,24)(H,22,27)/t14-,20-/m1/s1. The highest BCUT2D eigenvalue weighted by atomic mass is 16.5. The van der Waals surface area contributed by atoms with Crippen molar-refractivity contribution in [2.45, 2.75) is 44.7 Å². The molecule has 0 radical (unpaired) electrons. The molecule has 0 bridgehead atoms. The van der Waals surface area contributed by atoms with Gasteiger partial charge in [0.05, 0.1) is 0 Å². The third-order valence-corrected chi connectivity index (χ3v) is 5.49. The van der Waals surface area contributed by atoms with E-state index < -0.39 is 36.6 Å². The summed E-state index contributed by atoms with van der Waals surface area (Å²) in [5.41, 5.74) is 0.0104. The highest BCUT2D eigenvalue weighted by molar-refractivity contribution is 6.09. The van der Waals surface area contributed by atoms with E-state index in [0.717, 1.165) is 29.7 Å². The molecule has 1 aromatic carbocycles. The second kappa shape index (κ2) is 8.41. The number of hydrogen-bond acceptors (Lipinski definition) is 5. The predicted molar refractivity (Wildman–Crippen MR) is 99.9 cm³/mol. The van der Waals surface area contributed by atoms with Crippen LogP contribution in [0.15, 0.2) is 30.3 Å². The van der Waals surface area contributed by atoms with Crippen LogP contribution in [-0.4, -0.2) is 47.4 Å². The number of amides is 4. The summed E-state index contributed by atoms with van der Waals surface area (Å²) in [6, 6.07) is 8.75. The fourth-order valence-corrected chi connectivity index (χ4v) is 3.81. The average molecular weight is 387 g/mol. The summed E-state index contributed by atoms with van der Waals surface area (Å²) < 4.78 is 4.93. The first-order chi connectivity index (χ1) is 13.4. The van der Waals surface area contributed by atoms with Gasteiger partial charge in [-0.15, -0.1) is 0 Å². The average Bonchev–Trinajstić information content (AvgIpc) is 2.93. The molecule has 0 aromatic heterocycles. The van der Waals surface area contributed by atoms with E-state index in [4.69, 9.17) is 4.74 Å². The van der Waals surface area contributed by atoms with Crippen molar-refractivity contribution >= 4 is 23.8 Å². The number of rotatable bonds is 6. The molecule has 0 unspecified atom stereocenters. The lowest BCUT2D eigenvalue weighted by Crippen LogP contribution is -2.54. The molecule has 1 aliphatic heterocycles. The van der Waals surface area contributed by atoms with Gasteiger partial charge in [-0.3, -0.25) is 19.3 Å². The molecule has 8 nitrogen and oxygen atoms in total. The van der Waals surface area contributed by atoms with Crippen molar-refractivity contribution in [3.05, 3.63) is 35.9 Å². The number of carbonyl (C=O) groups is 4. The molecule has 2 aliphatic rings. The molecule has 28 heavy (non-hydrogen) atoms. The van der Waals surface area contributed by atoms with Gasteiger partial charge < -0.3 is 15.4 Å². The first-order valence-electron chi connectivity index (χ1n) is 9.53. The lowest BCUT2D eigenvalue weighted by atomic mass is 9.73. The Hall–Kier alpha value is -2.90. The Morgan fingerprint density at radius 1 is 1.25 bits per heavy atom. The van der Waals surface area contributed by atoms with Gasteiger partial charge in [0.2, 0.25) is 0 Å². The summed E-state index contributed by atoms with van der Waals surface area (Å²) in [6.45, 7) is 1.31. The number of benzene rings is 1. The summed E-state index contributed by atoms with van der Waals surface area (Å²) in [6.07, 6.45) is 3.31. The van der Waals surface area contributed by atoms with Crippen LogP contribution in [0.2, 0.25) is 0 Å². The van der Waals surface area contributed by atoms with E-state index in [1.807, 2.05) is 37.3 Å². The lowest BCUT2D eigenvalue weighted by Gasteiger charge is -2.36. The van der Waals surface area contributed by atoms with Crippen molar-refractivity contribution in [2.24, 2.45) is 5.92 Å². The highest BCUT2D eigenvalue weighted by Gasteiger charge is 2.55. The van der Waals surface area contributed by atoms with Crippen LogP contribution in [0.3, 0.4) is 0 Å². The van der Waals surface area contributed by atoms with Crippen molar-refractivity contribution in [1.29, 1.82) is 0 Å². The monoisotopic (exact) mass is 387 g/mol. The minimum atomic E-state index is -0.914. The number of hydrogen-bond donors (Lipinski definition) is 2. The van der Waals surface area contributed by atoms with Gasteiger partial charge in [-0.25, -0.2) is 4.79 Å². The van der Waals surface area contributed by atoms with Crippen LogP contribution in [0.4, 0.5) is 4.79 Å². The van der Waals surface area contributed by atoms with Crippen LogP contribution in [0.5, 0.6) is 0 Å². The Morgan fingerprint density at radius 2 is 2.00 bits per heavy atom. The molecule has 1 aliphatic carbocycles. The van der Waals surface area contributed by atoms with Crippen LogP contribution in [0.1, 0.15) is 38.2 Å². The first-order valence-corrected chi connectivity index (χ1v) is 9.53. The SMILES string of the molecule is C[C@@H]1CCCC[C@@]12NC(=O)N(CC(=O)OCC(=O)NCc1ccccc1)C2=O. The molecule has 2 atom stereocenters. The molecular formula is C20H25N3O5. The quantitative estimate of drug-likeness (QED) is 0.566. The Bertz CT molecular complexity index is 766. The second-order valence-electron chi connectivity index (χ2n) is 7.36. The molecule has 8 heteroatoms. The van der Waals surface area contributed by atoms with E-state index in [0.29, 0.717) is 13.0 Å². The molecule has 3 rings (SSSR count). The molecule has 4 amide bonds. The van der Waals surface area contributed by atoms with E-state index in [1.165, 1.54) is 0 Å². The van der Waals surface area contributed by atoms with Crippen molar-refractivity contribution in [1.82, 2.24) is 15.5 Å². The summed E-state index contributed by atoms with van der Waals surface area (Å²) in [5, 5.41) is 5.42. The van der Waals surface area contributed by atoms with Gasteiger partial charge in [-0.1, -0.05) is 50.1 Å². The van der Waals surface area contributed by atoms with Gasteiger partial charge in [0.25, 0.3) is 11.8 Å². The maximum Gasteiger partial charge on any atom is 0.326 e. The van der Waals surface area contributed by atoms with Gasteiger partial charge in [0, 0.05) is 6.54 Å². The minimum Gasteiger partial charge on any atom is -0.454 e. The number of carbonyl (C=O) groups excluding carboxylic acids is 4. The number of esters is 1. The zero-order valence-electron chi connectivity index (χ0n) is 15.9. The Balaban J connectivity index is 1.47. The molecule has 1 saturated carbocycles. The molecule has 1 saturated heterocycles. The van der Waals surface area contributed by atoms with Crippen molar-refractivity contribution in [3.63, 3.8) is 0 Å². The lowest BCUT2D eigenvalue weighted by molar-refractivity contribution is -0.151. The fourth-order valence-electron chi connectivity index (χ4n) is 3.81.